The van der Waals surface area contributed by atoms with E-state index in [9.17, 15) is 0 Å². The van der Waals surface area contributed by atoms with Gasteiger partial charge in [0.2, 0.25) is 5.28 Å². The third-order valence-corrected chi connectivity index (χ3v) is 4.08. The van der Waals surface area contributed by atoms with Gasteiger partial charge < -0.3 is 4.57 Å². The molecule has 1 aromatic rings. The second-order valence-electron chi connectivity index (χ2n) is 4.87. The number of hydrogen-bond donors (Lipinski definition) is 0. The van der Waals surface area contributed by atoms with Crippen LogP contribution in [0.25, 0.3) is 0 Å². The maximum Gasteiger partial charge on any atom is 0.225 e. The predicted octanol–water partition coefficient (Wildman–Crippen LogP) is 3.32. The van der Waals surface area contributed by atoms with E-state index in [2.05, 4.69) is 28.6 Å². The fourth-order valence-corrected chi connectivity index (χ4v) is 2.86. The molecule has 2 rings (SSSR count). The van der Waals surface area contributed by atoms with Crippen molar-refractivity contribution in [3.8, 4) is 0 Å². The summed E-state index contributed by atoms with van der Waals surface area (Å²) >= 11 is 6.08. The standard InChI is InChI=1S/C12H20ClN3/c1-3-11-14-15-12(13)16(11)8-10-7-5-4-6-9(10)2/h9-10H,3-8H2,1-2H3. The van der Waals surface area contributed by atoms with Crippen LogP contribution in [0.4, 0.5) is 0 Å². The molecule has 0 aliphatic heterocycles. The average Bonchev–Trinajstić information content (AvgIpc) is 2.63. The Morgan fingerprint density at radius 2 is 2.06 bits per heavy atom. The molecular weight excluding hydrogens is 222 g/mol. The van der Waals surface area contributed by atoms with Gasteiger partial charge in [-0.1, -0.05) is 33.1 Å². The lowest BCUT2D eigenvalue weighted by Gasteiger charge is -2.29. The van der Waals surface area contributed by atoms with Gasteiger partial charge >= 0.3 is 0 Å². The Balaban J connectivity index is 2.09. The van der Waals surface area contributed by atoms with Gasteiger partial charge in [-0.05, 0) is 29.9 Å². The van der Waals surface area contributed by atoms with Crippen LogP contribution in [0.3, 0.4) is 0 Å². The van der Waals surface area contributed by atoms with Crippen LogP contribution in [-0.2, 0) is 13.0 Å². The van der Waals surface area contributed by atoms with Crippen LogP contribution in [0.2, 0.25) is 5.28 Å². The van der Waals surface area contributed by atoms with Crippen LogP contribution >= 0.6 is 11.6 Å². The molecule has 1 aromatic heterocycles. The summed E-state index contributed by atoms with van der Waals surface area (Å²) in [6.45, 7) is 5.45. The van der Waals surface area contributed by atoms with Gasteiger partial charge in [-0.15, -0.1) is 10.2 Å². The highest BCUT2D eigenvalue weighted by Gasteiger charge is 2.23. The minimum absolute atomic E-state index is 0.551. The lowest BCUT2D eigenvalue weighted by Crippen LogP contribution is -2.23. The topological polar surface area (TPSA) is 30.7 Å². The van der Waals surface area contributed by atoms with Gasteiger partial charge in [-0.25, -0.2) is 0 Å². The highest BCUT2D eigenvalue weighted by molar-refractivity contribution is 6.28. The van der Waals surface area contributed by atoms with Gasteiger partial charge in [-0.3, -0.25) is 0 Å². The molecule has 0 saturated heterocycles. The van der Waals surface area contributed by atoms with E-state index < -0.39 is 0 Å². The Morgan fingerprint density at radius 1 is 1.31 bits per heavy atom. The molecule has 0 aromatic carbocycles. The lowest BCUT2D eigenvalue weighted by atomic mass is 9.80. The Bertz CT molecular complexity index is 348. The molecular formula is C12H20ClN3. The number of hydrogen-bond acceptors (Lipinski definition) is 2. The Kier molecular flexibility index (Phi) is 3.85. The third-order valence-electron chi connectivity index (χ3n) is 3.80. The lowest BCUT2D eigenvalue weighted by molar-refractivity contribution is 0.227. The SMILES string of the molecule is CCc1nnc(Cl)n1CC1CCCCC1C. The van der Waals surface area contributed by atoms with Crippen molar-refractivity contribution in [1.82, 2.24) is 14.8 Å². The van der Waals surface area contributed by atoms with Crippen LogP contribution in [0.5, 0.6) is 0 Å². The first-order valence-electron chi connectivity index (χ1n) is 6.30. The van der Waals surface area contributed by atoms with E-state index in [-0.39, 0.29) is 0 Å². The molecule has 1 saturated carbocycles. The molecule has 2 atom stereocenters. The van der Waals surface area contributed by atoms with Gasteiger partial charge in [0.05, 0.1) is 0 Å². The smallest absolute Gasteiger partial charge is 0.225 e. The molecule has 0 amide bonds. The van der Waals surface area contributed by atoms with E-state index >= 15 is 0 Å². The molecule has 4 heteroatoms. The molecule has 1 aliphatic rings. The van der Waals surface area contributed by atoms with Crippen LogP contribution in [0, 0.1) is 11.8 Å². The van der Waals surface area contributed by atoms with Gasteiger partial charge in [-0.2, -0.15) is 0 Å². The average molecular weight is 242 g/mol. The summed E-state index contributed by atoms with van der Waals surface area (Å²) in [4.78, 5) is 0. The first kappa shape index (κ1) is 11.9. The molecule has 1 fully saturated rings. The summed E-state index contributed by atoms with van der Waals surface area (Å²) in [5, 5.41) is 8.61. The molecule has 3 nitrogen and oxygen atoms in total. The van der Waals surface area contributed by atoms with Crippen molar-refractivity contribution in [2.45, 2.75) is 52.5 Å². The minimum Gasteiger partial charge on any atom is -0.301 e. The third kappa shape index (κ3) is 2.40. The zero-order valence-corrected chi connectivity index (χ0v) is 10.9. The summed E-state index contributed by atoms with van der Waals surface area (Å²) in [6, 6.07) is 0. The van der Waals surface area contributed by atoms with Crippen molar-refractivity contribution in [1.29, 1.82) is 0 Å². The Hall–Kier alpha value is -0.570. The van der Waals surface area contributed by atoms with Crippen LogP contribution < -0.4 is 0 Å². The van der Waals surface area contributed by atoms with Crippen molar-refractivity contribution >= 4 is 11.6 Å². The molecule has 90 valence electrons. The molecule has 16 heavy (non-hydrogen) atoms. The first-order valence-corrected chi connectivity index (χ1v) is 6.67. The van der Waals surface area contributed by atoms with Crippen LogP contribution in [0.15, 0.2) is 0 Å². The van der Waals surface area contributed by atoms with Gasteiger partial charge in [0, 0.05) is 13.0 Å². The molecule has 0 bridgehead atoms. The normalized spacial score (nSPS) is 25.9. The second kappa shape index (κ2) is 5.17. The molecule has 0 radical (unpaired) electrons. The van der Waals surface area contributed by atoms with E-state index in [1.54, 1.807) is 0 Å². The molecule has 0 spiro atoms. The zero-order chi connectivity index (χ0) is 11.5. The first-order chi connectivity index (χ1) is 7.72. The molecule has 2 unspecified atom stereocenters. The Labute approximate surface area is 102 Å². The highest BCUT2D eigenvalue weighted by atomic mass is 35.5. The summed E-state index contributed by atoms with van der Waals surface area (Å²) in [5.41, 5.74) is 0. The van der Waals surface area contributed by atoms with E-state index in [4.69, 9.17) is 11.6 Å². The molecule has 0 N–H and O–H groups in total. The summed E-state index contributed by atoms with van der Waals surface area (Å²) in [5.74, 6) is 2.56. The van der Waals surface area contributed by atoms with Crippen molar-refractivity contribution in [2.24, 2.45) is 11.8 Å². The van der Waals surface area contributed by atoms with Gasteiger partial charge in [0.25, 0.3) is 0 Å². The van der Waals surface area contributed by atoms with Crippen molar-refractivity contribution in [3.63, 3.8) is 0 Å². The van der Waals surface area contributed by atoms with Crippen LogP contribution in [-0.4, -0.2) is 14.8 Å². The summed E-state index contributed by atoms with van der Waals surface area (Å²) in [6.07, 6.45) is 6.32. The Morgan fingerprint density at radius 3 is 2.75 bits per heavy atom. The van der Waals surface area contributed by atoms with Crippen molar-refractivity contribution in [2.75, 3.05) is 0 Å². The van der Waals surface area contributed by atoms with E-state index in [0.717, 1.165) is 30.6 Å². The minimum atomic E-state index is 0.551. The quantitative estimate of drug-likeness (QED) is 0.813. The maximum absolute atomic E-state index is 6.08. The van der Waals surface area contributed by atoms with E-state index in [1.807, 2.05) is 0 Å². The number of aryl methyl sites for hydroxylation is 1. The fourth-order valence-electron chi connectivity index (χ4n) is 2.65. The van der Waals surface area contributed by atoms with Gasteiger partial charge in [0.15, 0.2) is 0 Å². The summed E-state index contributed by atoms with van der Waals surface area (Å²) < 4.78 is 2.09. The zero-order valence-electron chi connectivity index (χ0n) is 10.1. The molecule has 1 heterocycles. The molecule has 1 aliphatic carbocycles. The predicted molar refractivity (Wildman–Crippen MR) is 65.5 cm³/mol. The van der Waals surface area contributed by atoms with Crippen LogP contribution in [0.1, 0.15) is 45.4 Å². The number of halogens is 1. The van der Waals surface area contributed by atoms with E-state index in [1.165, 1.54) is 25.7 Å². The van der Waals surface area contributed by atoms with Crippen molar-refractivity contribution in [3.05, 3.63) is 11.1 Å². The fraction of sp³-hybridized carbons (Fsp3) is 0.833. The highest BCUT2D eigenvalue weighted by Crippen LogP contribution is 2.31. The number of rotatable bonds is 3. The summed E-state index contributed by atoms with van der Waals surface area (Å²) in [7, 11) is 0. The maximum atomic E-state index is 6.08. The number of nitrogens with zero attached hydrogens (tertiary/aromatic N) is 3. The van der Waals surface area contributed by atoms with Gasteiger partial charge in [0.1, 0.15) is 5.82 Å². The second-order valence-corrected chi connectivity index (χ2v) is 5.21. The largest absolute Gasteiger partial charge is 0.301 e. The van der Waals surface area contributed by atoms with Crippen molar-refractivity contribution < 1.29 is 0 Å². The monoisotopic (exact) mass is 241 g/mol. The van der Waals surface area contributed by atoms with E-state index in [0.29, 0.717) is 5.28 Å². The number of aromatic nitrogens is 3.